The Balaban J connectivity index is 3.05. The number of phenolic OH excluding ortho intramolecular Hbond substituents is 1. The van der Waals surface area contributed by atoms with Crippen LogP contribution in [0.15, 0.2) is 18.2 Å². The maximum Gasteiger partial charge on any atom is 0.120 e. The van der Waals surface area contributed by atoms with E-state index in [1.54, 1.807) is 0 Å². The SMILES string of the molecule is CCN(CC)Cc1cc(C(C)(C)CC(C)(C)C)ccc1O. The Kier molecular flexibility index (Phi) is 5.86. The van der Waals surface area contributed by atoms with E-state index in [9.17, 15) is 5.11 Å². The van der Waals surface area contributed by atoms with Crippen molar-refractivity contribution in [2.45, 2.75) is 66.8 Å². The molecule has 0 bridgehead atoms. The van der Waals surface area contributed by atoms with Crippen LogP contribution in [0, 0.1) is 5.41 Å². The van der Waals surface area contributed by atoms with E-state index in [2.05, 4.69) is 65.5 Å². The molecule has 0 fully saturated rings. The first kappa shape index (κ1) is 18.0. The zero-order chi connectivity index (χ0) is 16.3. The molecule has 0 heterocycles. The molecule has 1 rings (SSSR count). The van der Waals surface area contributed by atoms with E-state index < -0.39 is 0 Å². The first-order valence-corrected chi connectivity index (χ1v) is 8.14. The Bertz CT molecular complexity index is 453. The van der Waals surface area contributed by atoms with Gasteiger partial charge in [0.05, 0.1) is 0 Å². The van der Waals surface area contributed by atoms with Crippen LogP contribution in [0.1, 0.15) is 66.0 Å². The number of hydrogen-bond donors (Lipinski definition) is 1. The maximum absolute atomic E-state index is 10.1. The third-order valence-electron chi connectivity index (χ3n) is 4.12. The number of nitrogens with zero attached hydrogens (tertiary/aromatic N) is 1. The van der Waals surface area contributed by atoms with Gasteiger partial charge in [-0.05, 0) is 42.0 Å². The van der Waals surface area contributed by atoms with E-state index in [1.165, 1.54) is 5.56 Å². The van der Waals surface area contributed by atoms with Gasteiger partial charge in [-0.15, -0.1) is 0 Å². The summed E-state index contributed by atoms with van der Waals surface area (Å²) in [6.45, 7) is 18.6. The summed E-state index contributed by atoms with van der Waals surface area (Å²) in [4.78, 5) is 2.33. The van der Waals surface area contributed by atoms with Crippen LogP contribution < -0.4 is 0 Å². The van der Waals surface area contributed by atoms with Crippen LogP contribution in [0.25, 0.3) is 0 Å². The lowest BCUT2D eigenvalue weighted by Crippen LogP contribution is -2.26. The normalized spacial score (nSPS) is 13.0. The highest BCUT2D eigenvalue weighted by molar-refractivity contribution is 5.39. The van der Waals surface area contributed by atoms with Crippen LogP contribution in [-0.4, -0.2) is 23.1 Å². The van der Waals surface area contributed by atoms with Gasteiger partial charge in [-0.2, -0.15) is 0 Å². The first-order valence-electron chi connectivity index (χ1n) is 8.14. The molecule has 21 heavy (non-hydrogen) atoms. The van der Waals surface area contributed by atoms with Gasteiger partial charge >= 0.3 is 0 Å². The van der Waals surface area contributed by atoms with E-state index in [1.807, 2.05) is 6.07 Å². The molecule has 2 heteroatoms. The molecule has 0 saturated heterocycles. The standard InChI is InChI=1S/C19H33NO/c1-8-20(9-2)13-15-12-16(10-11-17(15)21)19(6,7)14-18(3,4)5/h10-12,21H,8-9,13-14H2,1-7H3. The Morgan fingerprint density at radius 1 is 1.00 bits per heavy atom. The second-order valence-electron chi connectivity index (χ2n) is 7.93. The van der Waals surface area contributed by atoms with E-state index in [-0.39, 0.29) is 5.41 Å². The van der Waals surface area contributed by atoms with Crippen LogP contribution in [0.2, 0.25) is 0 Å². The van der Waals surface area contributed by atoms with Crippen molar-refractivity contribution in [2.24, 2.45) is 5.41 Å². The zero-order valence-corrected chi connectivity index (χ0v) is 15.0. The molecule has 2 nitrogen and oxygen atoms in total. The molecule has 0 aliphatic rings. The highest BCUT2D eigenvalue weighted by atomic mass is 16.3. The molecule has 0 radical (unpaired) electrons. The Labute approximate surface area is 131 Å². The van der Waals surface area contributed by atoms with Crippen LogP contribution in [0.4, 0.5) is 0 Å². The van der Waals surface area contributed by atoms with Crippen molar-refractivity contribution in [2.75, 3.05) is 13.1 Å². The lowest BCUT2D eigenvalue weighted by atomic mass is 9.72. The molecule has 0 atom stereocenters. The van der Waals surface area contributed by atoms with Crippen molar-refractivity contribution in [1.82, 2.24) is 4.90 Å². The highest BCUT2D eigenvalue weighted by Crippen LogP contribution is 2.37. The lowest BCUT2D eigenvalue weighted by Gasteiger charge is -2.33. The van der Waals surface area contributed by atoms with Gasteiger partial charge in [0.2, 0.25) is 0 Å². The number of hydrogen-bond acceptors (Lipinski definition) is 2. The van der Waals surface area contributed by atoms with Crippen LogP contribution in [-0.2, 0) is 12.0 Å². The summed E-state index contributed by atoms with van der Waals surface area (Å²) in [6.07, 6.45) is 1.12. The smallest absolute Gasteiger partial charge is 0.120 e. The third-order valence-corrected chi connectivity index (χ3v) is 4.12. The third kappa shape index (κ3) is 5.35. The zero-order valence-electron chi connectivity index (χ0n) is 15.0. The molecule has 0 aromatic heterocycles. The van der Waals surface area contributed by atoms with E-state index in [0.717, 1.165) is 31.6 Å². The summed E-state index contributed by atoms with van der Waals surface area (Å²) in [7, 11) is 0. The summed E-state index contributed by atoms with van der Waals surface area (Å²) in [6, 6.07) is 6.13. The van der Waals surface area contributed by atoms with E-state index in [4.69, 9.17) is 0 Å². The second-order valence-corrected chi connectivity index (χ2v) is 7.93. The van der Waals surface area contributed by atoms with Gasteiger partial charge in [-0.3, -0.25) is 4.90 Å². The number of benzene rings is 1. The first-order chi connectivity index (χ1) is 9.59. The summed E-state index contributed by atoms with van der Waals surface area (Å²) in [5.41, 5.74) is 2.76. The highest BCUT2D eigenvalue weighted by Gasteiger charge is 2.27. The predicted octanol–water partition coefficient (Wildman–Crippen LogP) is 4.95. The molecule has 1 aromatic carbocycles. The number of aromatic hydroxyl groups is 1. The van der Waals surface area contributed by atoms with Crippen molar-refractivity contribution >= 4 is 0 Å². The van der Waals surface area contributed by atoms with E-state index in [0.29, 0.717) is 11.2 Å². The number of phenols is 1. The summed E-state index contributed by atoms with van der Waals surface area (Å²) in [5.74, 6) is 0.414. The molecular formula is C19H33NO. The van der Waals surface area contributed by atoms with Gasteiger partial charge in [-0.25, -0.2) is 0 Å². The number of rotatable bonds is 6. The van der Waals surface area contributed by atoms with Gasteiger partial charge in [0.1, 0.15) is 5.75 Å². The molecule has 0 unspecified atom stereocenters. The van der Waals surface area contributed by atoms with Crippen LogP contribution in [0.3, 0.4) is 0 Å². The molecule has 1 aromatic rings. The average molecular weight is 291 g/mol. The largest absolute Gasteiger partial charge is 0.508 e. The molecule has 120 valence electrons. The van der Waals surface area contributed by atoms with Crippen molar-refractivity contribution in [1.29, 1.82) is 0 Å². The molecular weight excluding hydrogens is 258 g/mol. The Morgan fingerprint density at radius 3 is 2.05 bits per heavy atom. The summed E-state index contributed by atoms with van der Waals surface area (Å²) in [5, 5.41) is 10.1. The molecule has 1 N–H and O–H groups in total. The van der Waals surface area contributed by atoms with Gasteiger partial charge < -0.3 is 5.11 Å². The van der Waals surface area contributed by atoms with E-state index >= 15 is 0 Å². The molecule has 0 saturated carbocycles. The van der Waals surface area contributed by atoms with Gasteiger partial charge in [0, 0.05) is 12.1 Å². The predicted molar refractivity (Wildman–Crippen MR) is 91.8 cm³/mol. The maximum atomic E-state index is 10.1. The molecule has 0 aliphatic carbocycles. The van der Waals surface area contributed by atoms with Gasteiger partial charge in [0.15, 0.2) is 0 Å². The minimum Gasteiger partial charge on any atom is -0.508 e. The quantitative estimate of drug-likeness (QED) is 0.801. The average Bonchev–Trinajstić information content (AvgIpc) is 2.34. The molecule has 0 spiro atoms. The van der Waals surface area contributed by atoms with Crippen molar-refractivity contribution < 1.29 is 5.11 Å². The summed E-state index contributed by atoms with van der Waals surface area (Å²) < 4.78 is 0. The van der Waals surface area contributed by atoms with Crippen molar-refractivity contribution in [3.63, 3.8) is 0 Å². The monoisotopic (exact) mass is 291 g/mol. The lowest BCUT2D eigenvalue weighted by molar-refractivity contribution is 0.280. The minimum atomic E-state index is 0.115. The fourth-order valence-corrected chi connectivity index (χ4v) is 3.25. The second kappa shape index (κ2) is 6.83. The van der Waals surface area contributed by atoms with Gasteiger partial charge in [-0.1, -0.05) is 60.6 Å². The van der Waals surface area contributed by atoms with Crippen LogP contribution >= 0.6 is 0 Å². The molecule has 0 amide bonds. The minimum absolute atomic E-state index is 0.115. The topological polar surface area (TPSA) is 23.5 Å². The van der Waals surface area contributed by atoms with Crippen LogP contribution in [0.5, 0.6) is 5.75 Å². The van der Waals surface area contributed by atoms with Gasteiger partial charge in [0.25, 0.3) is 0 Å². The Morgan fingerprint density at radius 2 is 1.57 bits per heavy atom. The fourth-order valence-electron chi connectivity index (χ4n) is 3.25. The molecule has 0 aliphatic heterocycles. The van der Waals surface area contributed by atoms with Crippen molar-refractivity contribution in [3.05, 3.63) is 29.3 Å². The Hall–Kier alpha value is -1.02. The summed E-state index contributed by atoms with van der Waals surface area (Å²) >= 11 is 0. The van der Waals surface area contributed by atoms with Crippen molar-refractivity contribution in [3.8, 4) is 5.75 Å². The fraction of sp³-hybridized carbons (Fsp3) is 0.684.